The van der Waals surface area contributed by atoms with Crippen molar-refractivity contribution in [2.75, 3.05) is 0 Å². The van der Waals surface area contributed by atoms with E-state index in [9.17, 15) is 15.0 Å². The van der Waals surface area contributed by atoms with E-state index in [0.29, 0.717) is 17.8 Å². The number of aliphatic hydroxyl groups excluding tert-OH is 1. The van der Waals surface area contributed by atoms with E-state index in [1.165, 1.54) is 19.3 Å². The van der Waals surface area contributed by atoms with E-state index in [0.717, 1.165) is 60.6 Å². The highest BCUT2D eigenvalue weighted by atomic mass is 79.9. The maximum absolute atomic E-state index is 13.1. The van der Waals surface area contributed by atoms with Crippen molar-refractivity contribution in [2.24, 2.45) is 56.7 Å². The number of halogens is 1. The fraction of sp³-hybridized carbons (Fsp3) is 0.703. The molecule has 5 saturated carbocycles. The van der Waals surface area contributed by atoms with Crippen LogP contribution in [0.25, 0.3) is 6.08 Å². The molecule has 0 radical (unpaired) electrons. The molecule has 0 bridgehead atoms. The van der Waals surface area contributed by atoms with Crippen LogP contribution in [0.3, 0.4) is 0 Å². The lowest BCUT2D eigenvalue weighted by atomic mass is 9.32. The monoisotopic (exact) mass is 622 g/mol. The SMILES string of the molecule is C=C(/C=C/c1cccc(Br)c1)[C@@H]1CC[C@]2(C(=O)O)CC[C@]3(C)[C@H](CC[C@@H]4[C@@]5(C)CC[C@H](O)C(C)(C)[C@@H]5CC[C@]43C)[C@@H]12. The molecular formula is C37H51BrO3. The third-order valence-corrected chi connectivity index (χ3v) is 15.1. The van der Waals surface area contributed by atoms with Crippen molar-refractivity contribution >= 4 is 28.0 Å². The maximum Gasteiger partial charge on any atom is 0.309 e. The van der Waals surface area contributed by atoms with Gasteiger partial charge in [0.1, 0.15) is 0 Å². The zero-order valence-electron chi connectivity index (χ0n) is 25.9. The summed E-state index contributed by atoms with van der Waals surface area (Å²) in [6.07, 6.45) is 14.3. The van der Waals surface area contributed by atoms with Gasteiger partial charge in [-0.05, 0) is 133 Å². The van der Waals surface area contributed by atoms with E-state index < -0.39 is 11.4 Å². The number of allylic oxidation sites excluding steroid dienone is 2. The van der Waals surface area contributed by atoms with Crippen molar-refractivity contribution in [3.05, 3.63) is 52.5 Å². The molecule has 5 aliphatic rings. The second-order valence-corrected chi connectivity index (χ2v) is 17.1. The lowest BCUT2D eigenvalue weighted by molar-refractivity contribution is -0.248. The van der Waals surface area contributed by atoms with E-state index in [1.54, 1.807) is 0 Å². The van der Waals surface area contributed by atoms with Crippen LogP contribution in [0.15, 0.2) is 47.0 Å². The van der Waals surface area contributed by atoms with Crippen LogP contribution in [0.2, 0.25) is 0 Å². The number of fused-ring (bicyclic) bond motifs is 7. The molecular weight excluding hydrogens is 572 g/mol. The number of aliphatic carboxylic acids is 1. The number of carboxylic acids is 1. The molecule has 5 fully saturated rings. The van der Waals surface area contributed by atoms with Crippen molar-refractivity contribution < 1.29 is 15.0 Å². The molecule has 0 amide bonds. The standard InChI is InChI=1S/C37H51BrO3/c1-23(10-11-24-8-7-9-25(38)22-24)26-14-19-37(32(40)41)21-20-35(5)27(31(26)37)12-13-29-34(4)17-16-30(39)33(2,3)28(34)15-18-36(29,35)6/h7-11,22,26-31,39H,1,12-21H2,2-6H3,(H,40,41)/b11-10+/t26-,27+,28-,29+,30-,31+,34-,35+,36+,37-/m0/s1. The smallest absolute Gasteiger partial charge is 0.309 e. The Morgan fingerprint density at radius 3 is 2.39 bits per heavy atom. The molecule has 2 N–H and O–H groups in total. The van der Waals surface area contributed by atoms with Gasteiger partial charge in [0.25, 0.3) is 0 Å². The predicted octanol–water partition coefficient (Wildman–Crippen LogP) is 9.55. The molecule has 0 unspecified atom stereocenters. The third-order valence-electron chi connectivity index (χ3n) is 14.7. The van der Waals surface area contributed by atoms with E-state index in [1.807, 2.05) is 12.1 Å². The Kier molecular flexibility index (Phi) is 7.10. The summed E-state index contributed by atoms with van der Waals surface area (Å²) in [6, 6.07) is 8.30. The molecule has 1 aromatic carbocycles. The molecule has 5 aliphatic carbocycles. The fourth-order valence-electron chi connectivity index (χ4n) is 12.3. The van der Waals surface area contributed by atoms with Gasteiger partial charge in [0.2, 0.25) is 0 Å². The highest BCUT2D eigenvalue weighted by Crippen LogP contribution is 2.77. The Morgan fingerprint density at radius 2 is 1.68 bits per heavy atom. The Morgan fingerprint density at radius 1 is 0.927 bits per heavy atom. The molecule has 0 aromatic heterocycles. The van der Waals surface area contributed by atoms with E-state index >= 15 is 0 Å². The quantitative estimate of drug-likeness (QED) is 0.329. The van der Waals surface area contributed by atoms with E-state index in [-0.39, 0.29) is 39.6 Å². The molecule has 1 aromatic rings. The van der Waals surface area contributed by atoms with Gasteiger partial charge in [-0.3, -0.25) is 4.79 Å². The minimum absolute atomic E-state index is 0.0495. The molecule has 41 heavy (non-hydrogen) atoms. The first kappa shape index (κ1) is 29.7. The van der Waals surface area contributed by atoms with Gasteiger partial charge in [-0.25, -0.2) is 0 Å². The van der Waals surface area contributed by atoms with Crippen molar-refractivity contribution in [3.63, 3.8) is 0 Å². The normalized spacial score (nSPS) is 46.7. The van der Waals surface area contributed by atoms with Gasteiger partial charge < -0.3 is 10.2 Å². The van der Waals surface area contributed by atoms with Crippen LogP contribution in [0.4, 0.5) is 0 Å². The number of hydrogen-bond acceptors (Lipinski definition) is 2. The van der Waals surface area contributed by atoms with Crippen molar-refractivity contribution in [2.45, 2.75) is 105 Å². The van der Waals surface area contributed by atoms with Gasteiger partial charge in [0.15, 0.2) is 0 Å². The zero-order valence-corrected chi connectivity index (χ0v) is 27.5. The minimum Gasteiger partial charge on any atom is -0.481 e. The van der Waals surface area contributed by atoms with Gasteiger partial charge in [-0.1, -0.05) is 87.0 Å². The highest BCUT2D eigenvalue weighted by Gasteiger charge is 2.72. The first-order valence-electron chi connectivity index (χ1n) is 16.2. The number of rotatable bonds is 4. The molecule has 0 aliphatic heterocycles. The minimum atomic E-state index is -0.622. The van der Waals surface area contributed by atoms with Gasteiger partial charge in [0, 0.05) is 4.47 Å². The summed E-state index contributed by atoms with van der Waals surface area (Å²) in [5, 5.41) is 21.8. The number of aliphatic hydroxyl groups is 1. The Bertz CT molecular complexity index is 1270. The topological polar surface area (TPSA) is 57.5 Å². The maximum atomic E-state index is 13.1. The Balaban J connectivity index is 1.35. The Hall–Kier alpha value is -1.39. The summed E-state index contributed by atoms with van der Waals surface area (Å²) in [7, 11) is 0. The first-order chi connectivity index (χ1) is 19.2. The van der Waals surface area contributed by atoms with Crippen LogP contribution in [-0.4, -0.2) is 22.3 Å². The zero-order chi connectivity index (χ0) is 29.6. The van der Waals surface area contributed by atoms with E-state index in [2.05, 4.69) is 81.4 Å². The van der Waals surface area contributed by atoms with Crippen LogP contribution in [-0.2, 0) is 4.79 Å². The average molecular weight is 624 g/mol. The van der Waals surface area contributed by atoms with Crippen molar-refractivity contribution in [3.8, 4) is 0 Å². The molecule has 6 rings (SSSR count). The molecule has 224 valence electrons. The number of carboxylic acid groups (broad SMARTS) is 1. The predicted molar refractivity (Wildman–Crippen MR) is 170 cm³/mol. The van der Waals surface area contributed by atoms with Gasteiger partial charge in [-0.2, -0.15) is 0 Å². The second kappa shape index (κ2) is 9.81. The molecule has 3 nitrogen and oxygen atoms in total. The van der Waals surface area contributed by atoms with Crippen LogP contribution in [0.1, 0.15) is 104 Å². The summed E-state index contributed by atoms with van der Waals surface area (Å²) in [4.78, 5) is 13.1. The summed E-state index contributed by atoms with van der Waals surface area (Å²) >= 11 is 3.58. The second-order valence-electron chi connectivity index (χ2n) is 16.1. The average Bonchev–Trinajstić information content (AvgIpc) is 3.31. The largest absolute Gasteiger partial charge is 0.481 e. The summed E-state index contributed by atoms with van der Waals surface area (Å²) < 4.78 is 1.06. The third kappa shape index (κ3) is 4.08. The molecule has 0 spiro atoms. The lowest BCUT2D eigenvalue weighted by Crippen LogP contribution is -2.67. The summed E-state index contributed by atoms with van der Waals surface area (Å²) in [5.74, 6) is 1.36. The number of hydrogen-bond donors (Lipinski definition) is 2. The number of carbonyl (C=O) groups is 1. The molecule has 4 heteroatoms. The van der Waals surface area contributed by atoms with Crippen LogP contribution < -0.4 is 0 Å². The van der Waals surface area contributed by atoms with Crippen molar-refractivity contribution in [1.82, 2.24) is 0 Å². The number of benzene rings is 1. The van der Waals surface area contributed by atoms with Crippen LogP contribution in [0.5, 0.6) is 0 Å². The van der Waals surface area contributed by atoms with Gasteiger partial charge >= 0.3 is 5.97 Å². The molecule has 0 heterocycles. The van der Waals surface area contributed by atoms with Crippen molar-refractivity contribution in [1.29, 1.82) is 0 Å². The van der Waals surface area contributed by atoms with Crippen LogP contribution >= 0.6 is 15.9 Å². The van der Waals surface area contributed by atoms with Gasteiger partial charge in [0.05, 0.1) is 11.5 Å². The Labute approximate surface area is 256 Å². The fourth-order valence-corrected chi connectivity index (χ4v) is 12.7. The van der Waals surface area contributed by atoms with E-state index in [4.69, 9.17) is 0 Å². The highest BCUT2D eigenvalue weighted by molar-refractivity contribution is 9.10. The summed E-state index contributed by atoms with van der Waals surface area (Å²) in [5.41, 5.74) is 2.10. The first-order valence-corrected chi connectivity index (χ1v) is 17.0. The summed E-state index contributed by atoms with van der Waals surface area (Å²) in [6.45, 7) is 16.9. The lowest BCUT2D eigenvalue weighted by Gasteiger charge is -2.72. The molecule has 0 saturated heterocycles. The molecule has 10 atom stereocenters. The van der Waals surface area contributed by atoms with Crippen LogP contribution in [0, 0.1) is 56.7 Å². The van der Waals surface area contributed by atoms with Gasteiger partial charge in [-0.15, -0.1) is 0 Å².